The first-order chi connectivity index (χ1) is 6.29. The molecule has 1 fully saturated rings. The molecule has 3 heteroatoms. The highest BCUT2D eigenvalue weighted by Crippen LogP contribution is 2.23. The van der Waals surface area contributed by atoms with Crippen molar-refractivity contribution in [1.29, 1.82) is 5.41 Å². The molecule has 0 atom stereocenters. The van der Waals surface area contributed by atoms with Crippen LogP contribution < -0.4 is 4.90 Å². The fraction of sp³-hybridized carbons (Fsp3) is 0.300. The van der Waals surface area contributed by atoms with Crippen LogP contribution in [0, 0.1) is 11.2 Å². The van der Waals surface area contributed by atoms with Gasteiger partial charge in [-0.05, 0) is 18.6 Å². The van der Waals surface area contributed by atoms with E-state index in [1.165, 1.54) is 6.07 Å². The monoisotopic (exact) mass is 178 g/mol. The average Bonchev–Trinajstić information content (AvgIpc) is 2.52. The summed E-state index contributed by atoms with van der Waals surface area (Å²) in [7, 11) is 0. The maximum Gasteiger partial charge on any atom is 0.146 e. The second-order valence-electron chi connectivity index (χ2n) is 3.15. The molecule has 0 spiro atoms. The largest absolute Gasteiger partial charge is 0.328 e. The van der Waals surface area contributed by atoms with Gasteiger partial charge in [0.1, 0.15) is 11.7 Å². The van der Waals surface area contributed by atoms with Crippen molar-refractivity contribution in [2.24, 2.45) is 0 Å². The van der Waals surface area contributed by atoms with Crippen molar-refractivity contribution in [3.63, 3.8) is 0 Å². The third-order valence-corrected chi connectivity index (χ3v) is 2.26. The molecule has 2 nitrogen and oxygen atoms in total. The van der Waals surface area contributed by atoms with Gasteiger partial charge in [0.25, 0.3) is 0 Å². The van der Waals surface area contributed by atoms with Crippen LogP contribution in [0.25, 0.3) is 0 Å². The number of anilines is 1. The van der Waals surface area contributed by atoms with Crippen LogP contribution in [0.1, 0.15) is 12.8 Å². The van der Waals surface area contributed by atoms with E-state index in [-0.39, 0.29) is 5.82 Å². The van der Waals surface area contributed by atoms with Gasteiger partial charge in [-0.25, -0.2) is 4.39 Å². The highest BCUT2D eigenvalue weighted by atomic mass is 19.1. The summed E-state index contributed by atoms with van der Waals surface area (Å²) in [5, 5.41) is 7.60. The number of nitrogens with zero attached hydrogens (tertiary/aromatic N) is 1. The van der Waals surface area contributed by atoms with Crippen molar-refractivity contribution < 1.29 is 4.39 Å². The van der Waals surface area contributed by atoms with Crippen LogP contribution in [-0.2, 0) is 0 Å². The Balaban J connectivity index is 2.34. The predicted octanol–water partition coefficient (Wildman–Crippen LogP) is 2.40. The predicted molar refractivity (Wildman–Crippen MR) is 50.7 cm³/mol. The Hall–Kier alpha value is -1.38. The van der Waals surface area contributed by atoms with Crippen LogP contribution in [0.2, 0.25) is 0 Å². The molecule has 1 heterocycles. The van der Waals surface area contributed by atoms with Gasteiger partial charge in [-0.2, -0.15) is 0 Å². The van der Waals surface area contributed by atoms with Crippen LogP contribution in [0.3, 0.4) is 0 Å². The third-order valence-electron chi connectivity index (χ3n) is 2.26. The quantitative estimate of drug-likeness (QED) is 0.702. The Morgan fingerprint density at radius 2 is 2.08 bits per heavy atom. The summed E-state index contributed by atoms with van der Waals surface area (Å²) in [5.41, 5.74) is 0.532. The molecule has 0 unspecified atom stereocenters. The number of amidine groups is 1. The van der Waals surface area contributed by atoms with Gasteiger partial charge in [0, 0.05) is 13.0 Å². The van der Waals surface area contributed by atoms with Crippen LogP contribution in [0.15, 0.2) is 24.3 Å². The van der Waals surface area contributed by atoms with E-state index in [1.807, 2.05) is 0 Å². The first-order valence-electron chi connectivity index (χ1n) is 4.38. The van der Waals surface area contributed by atoms with Gasteiger partial charge in [-0.15, -0.1) is 0 Å². The minimum atomic E-state index is -0.242. The minimum Gasteiger partial charge on any atom is -0.328 e. The van der Waals surface area contributed by atoms with Crippen molar-refractivity contribution in [3.05, 3.63) is 30.1 Å². The first kappa shape index (κ1) is 8.23. The molecule has 1 aliphatic heterocycles. The SMILES string of the molecule is N=C1CCCN1c1ccccc1F. The van der Waals surface area contributed by atoms with Gasteiger partial charge in [-0.1, -0.05) is 12.1 Å². The lowest BCUT2D eigenvalue weighted by atomic mass is 10.3. The third kappa shape index (κ3) is 1.41. The summed E-state index contributed by atoms with van der Waals surface area (Å²) in [6.45, 7) is 0.764. The van der Waals surface area contributed by atoms with E-state index in [0.29, 0.717) is 11.5 Å². The number of para-hydroxylation sites is 1. The Morgan fingerprint density at radius 1 is 1.31 bits per heavy atom. The highest BCUT2D eigenvalue weighted by molar-refractivity contribution is 5.97. The number of benzene rings is 1. The summed E-state index contributed by atoms with van der Waals surface area (Å²) >= 11 is 0. The maximum atomic E-state index is 13.3. The summed E-state index contributed by atoms with van der Waals surface area (Å²) in [6.07, 6.45) is 1.71. The smallest absolute Gasteiger partial charge is 0.146 e. The molecule has 0 amide bonds. The summed E-state index contributed by atoms with van der Waals surface area (Å²) in [6, 6.07) is 6.61. The van der Waals surface area contributed by atoms with E-state index in [4.69, 9.17) is 5.41 Å². The van der Waals surface area contributed by atoms with Crippen LogP contribution in [0.5, 0.6) is 0 Å². The van der Waals surface area contributed by atoms with Crippen molar-refractivity contribution in [3.8, 4) is 0 Å². The number of hydrogen-bond acceptors (Lipinski definition) is 1. The molecule has 1 aromatic rings. The number of nitrogens with one attached hydrogen (secondary N) is 1. The molecule has 0 radical (unpaired) electrons. The van der Waals surface area contributed by atoms with Gasteiger partial charge in [0.15, 0.2) is 0 Å². The lowest BCUT2D eigenvalue weighted by Crippen LogP contribution is -2.24. The number of halogens is 1. The van der Waals surface area contributed by atoms with Crippen molar-refractivity contribution >= 4 is 11.5 Å². The first-order valence-corrected chi connectivity index (χ1v) is 4.38. The van der Waals surface area contributed by atoms with Crippen LogP contribution in [0.4, 0.5) is 10.1 Å². The number of hydrogen-bond donors (Lipinski definition) is 1. The molecule has 13 heavy (non-hydrogen) atoms. The van der Waals surface area contributed by atoms with E-state index in [2.05, 4.69) is 0 Å². The lowest BCUT2D eigenvalue weighted by molar-refractivity contribution is 0.627. The van der Waals surface area contributed by atoms with Crippen molar-refractivity contribution in [2.75, 3.05) is 11.4 Å². The van der Waals surface area contributed by atoms with Gasteiger partial charge in [0.2, 0.25) is 0 Å². The van der Waals surface area contributed by atoms with E-state index < -0.39 is 0 Å². The Labute approximate surface area is 76.5 Å². The molecule has 1 saturated heterocycles. The molecule has 0 bridgehead atoms. The lowest BCUT2D eigenvalue weighted by Gasteiger charge is -2.17. The van der Waals surface area contributed by atoms with E-state index in [1.54, 1.807) is 23.1 Å². The average molecular weight is 178 g/mol. The second-order valence-corrected chi connectivity index (χ2v) is 3.15. The van der Waals surface area contributed by atoms with Gasteiger partial charge in [-0.3, -0.25) is 5.41 Å². The molecule has 1 N–H and O–H groups in total. The molecular weight excluding hydrogens is 167 g/mol. The van der Waals surface area contributed by atoms with E-state index in [0.717, 1.165) is 19.4 Å². The topological polar surface area (TPSA) is 27.1 Å². The Kier molecular flexibility index (Phi) is 2.00. The summed E-state index contributed by atoms with van der Waals surface area (Å²) < 4.78 is 13.3. The van der Waals surface area contributed by atoms with Crippen LogP contribution in [-0.4, -0.2) is 12.4 Å². The molecule has 1 aromatic carbocycles. The molecular formula is C10H11FN2. The minimum absolute atomic E-state index is 0.242. The standard InChI is InChI=1S/C10H11FN2/c11-8-4-1-2-5-9(8)13-7-3-6-10(13)12/h1-2,4-5,12H,3,6-7H2. The second kappa shape index (κ2) is 3.17. The van der Waals surface area contributed by atoms with E-state index >= 15 is 0 Å². The molecule has 2 rings (SSSR count). The molecule has 68 valence electrons. The maximum absolute atomic E-state index is 13.3. The molecule has 0 aromatic heterocycles. The van der Waals surface area contributed by atoms with Gasteiger partial charge < -0.3 is 4.90 Å². The Bertz CT molecular complexity index is 335. The number of rotatable bonds is 1. The molecule has 0 saturated carbocycles. The van der Waals surface area contributed by atoms with Crippen molar-refractivity contribution in [2.45, 2.75) is 12.8 Å². The zero-order valence-corrected chi connectivity index (χ0v) is 7.26. The Morgan fingerprint density at radius 3 is 2.69 bits per heavy atom. The molecule has 0 aliphatic carbocycles. The highest BCUT2D eigenvalue weighted by Gasteiger charge is 2.20. The fourth-order valence-electron chi connectivity index (χ4n) is 1.61. The summed E-state index contributed by atoms with van der Waals surface area (Å²) in [5.74, 6) is 0.277. The van der Waals surface area contributed by atoms with Crippen molar-refractivity contribution in [1.82, 2.24) is 0 Å². The normalized spacial score (nSPS) is 16.7. The van der Waals surface area contributed by atoms with Gasteiger partial charge in [0.05, 0.1) is 5.69 Å². The van der Waals surface area contributed by atoms with Crippen LogP contribution >= 0.6 is 0 Å². The summed E-state index contributed by atoms with van der Waals surface area (Å²) in [4.78, 5) is 1.73. The van der Waals surface area contributed by atoms with Gasteiger partial charge >= 0.3 is 0 Å². The molecule has 1 aliphatic rings. The zero-order chi connectivity index (χ0) is 9.26. The van der Waals surface area contributed by atoms with E-state index in [9.17, 15) is 4.39 Å². The zero-order valence-electron chi connectivity index (χ0n) is 7.26. The fourth-order valence-corrected chi connectivity index (χ4v) is 1.61.